The Bertz CT molecular complexity index is 976. The third kappa shape index (κ3) is 5.28. The van der Waals surface area contributed by atoms with Crippen molar-refractivity contribution in [2.75, 3.05) is 0 Å². The van der Waals surface area contributed by atoms with Gasteiger partial charge in [0.15, 0.2) is 0 Å². The van der Waals surface area contributed by atoms with Gasteiger partial charge in [-0.3, -0.25) is 0 Å². The molecule has 32 heavy (non-hydrogen) atoms. The lowest BCUT2D eigenvalue weighted by Crippen LogP contribution is -2.13. The summed E-state index contributed by atoms with van der Waals surface area (Å²) in [6.45, 7) is 4.28. The molecule has 1 atom stereocenters. The van der Waals surface area contributed by atoms with E-state index in [1.807, 2.05) is 49.4 Å². The highest BCUT2D eigenvalue weighted by molar-refractivity contribution is 5.64. The summed E-state index contributed by atoms with van der Waals surface area (Å²) in [4.78, 5) is 0. The molecule has 1 aliphatic rings. The molecular weight excluding hydrogens is 398 g/mol. The molecule has 1 fully saturated rings. The van der Waals surface area contributed by atoms with E-state index in [9.17, 15) is 8.78 Å². The van der Waals surface area contributed by atoms with E-state index in [0.717, 1.165) is 17.0 Å². The van der Waals surface area contributed by atoms with Gasteiger partial charge in [0.2, 0.25) is 0 Å². The summed E-state index contributed by atoms with van der Waals surface area (Å²) < 4.78 is 29.8. The number of rotatable bonds is 7. The molecule has 0 aromatic heterocycles. The Morgan fingerprint density at radius 3 is 2.03 bits per heavy atom. The molecule has 0 aliphatic heterocycles. The maximum Gasteiger partial charge on any atom is 0.129 e. The van der Waals surface area contributed by atoms with Crippen molar-refractivity contribution in [3.05, 3.63) is 95.1 Å². The lowest BCUT2D eigenvalue weighted by Gasteiger charge is -2.28. The quantitative estimate of drug-likeness (QED) is 0.349. The standard InChI is InChI=1S/C30H34F2/c1-3-7-22-10-12-24(13-11-22)25-14-16-26(17-15-25)27-19-29(31)28(30(32)20-27)18-21(2)23-8-5-4-6-9-23/h4-6,8-9,14-17,19-22,24H,3,7,10-13,18H2,1-2H3. The first-order valence-electron chi connectivity index (χ1n) is 12.2. The van der Waals surface area contributed by atoms with Gasteiger partial charge < -0.3 is 0 Å². The summed E-state index contributed by atoms with van der Waals surface area (Å²) in [6.07, 6.45) is 8.12. The van der Waals surface area contributed by atoms with E-state index in [4.69, 9.17) is 0 Å². The topological polar surface area (TPSA) is 0 Å². The first kappa shape index (κ1) is 22.7. The first-order valence-corrected chi connectivity index (χ1v) is 12.2. The number of hydrogen-bond donors (Lipinski definition) is 0. The van der Waals surface area contributed by atoms with E-state index in [1.54, 1.807) is 0 Å². The Hall–Kier alpha value is -2.48. The zero-order valence-electron chi connectivity index (χ0n) is 19.3. The fourth-order valence-corrected chi connectivity index (χ4v) is 5.31. The third-order valence-corrected chi connectivity index (χ3v) is 7.28. The van der Waals surface area contributed by atoms with Gasteiger partial charge >= 0.3 is 0 Å². The Labute approximate surface area is 191 Å². The van der Waals surface area contributed by atoms with Crippen LogP contribution in [0.4, 0.5) is 8.78 Å². The molecule has 0 N–H and O–H groups in total. The molecule has 3 aromatic carbocycles. The van der Waals surface area contributed by atoms with Crippen LogP contribution in [-0.2, 0) is 6.42 Å². The van der Waals surface area contributed by atoms with Crippen molar-refractivity contribution in [3.8, 4) is 11.1 Å². The lowest BCUT2D eigenvalue weighted by molar-refractivity contribution is 0.308. The summed E-state index contributed by atoms with van der Waals surface area (Å²) >= 11 is 0. The zero-order chi connectivity index (χ0) is 22.5. The smallest absolute Gasteiger partial charge is 0.129 e. The van der Waals surface area contributed by atoms with Crippen LogP contribution < -0.4 is 0 Å². The van der Waals surface area contributed by atoms with E-state index in [2.05, 4.69) is 19.1 Å². The lowest BCUT2D eigenvalue weighted by atomic mass is 9.77. The van der Waals surface area contributed by atoms with Crippen LogP contribution in [0.1, 0.15) is 80.9 Å². The fraction of sp³-hybridized carbons (Fsp3) is 0.400. The van der Waals surface area contributed by atoms with Crippen molar-refractivity contribution >= 4 is 0 Å². The predicted octanol–water partition coefficient (Wildman–Crippen LogP) is 9.05. The van der Waals surface area contributed by atoms with Gasteiger partial charge in [-0.05, 0) is 84.2 Å². The maximum atomic E-state index is 14.9. The third-order valence-electron chi connectivity index (χ3n) is 7.28. The Balaban J connectivity index is 1.46. The fourth-order valence-electron chi connectivity index (χ4n) is 5.31. The maximum absolute atomic E-state index is 14.9. The minimum absolute atomic E-state index is 0.0535. The second kappa shape index (κ2) is 10.4. The van der Waals surface area contributed by atoms with Crippen LogP contribution >= 0.6 is 0 Å². The van der Waals surface area contributed by atoms with Gasteiger partial charge in [0.1, 0.15) is 11.6 Å². The molecule has 0 spiro atoms. The van der Waals surface area contributed by atoms with E-state index in [-0.39, 0.29) is 11.5 Å². The van der Waals surface area contributed by atoms with Crippen molar-refractivity contribution in [1.82, 2.24) is 0 Å². The highest BCUT2D eigenvalue weighted by Gasteiger charge is 2.22. The molecule has 1 saturated carbocycles. The van der Waals surface area contributed by atoms with E-state index < -0.39 is 11.6 Å². The summed E-state index contributed by atoms with van der Waals surface area (Å²) in [5.74, 6) is 0.650. The summed E-state index contributed by atoms with van der Waals surface area (Å²) in [5, 5.41) is 0. The second-order valence-corrected chi connectivity index (χ2v) is 9.56. The van der Waals surface area contributed by atoms with Crippen molar-refractivity contribution in [2.24, 2.45) is 5.92 Å². The van der Waals surface area contributed by atoms with Gasteiger partial charge in [0.25, 0.3) is 0 Å². The normalized spacial score (nSPS) is 19.6. The van der Waals surface area contributed by atoms with E-state index in [0.29, 0.717) is 17.9 Å². The van der Waals surface area contributed by atoms with Gasteiger partial charge in [0, 0.05) is 5.56 Å². The van der Waals surface area contributed by atoms with E-state index >= 15 is 0 Å². The van der Waals surface area contributed by atoms with Crippen LogP contribution in [0, 0.1) is 17.6 Å². The van der Waals surface area contributed by atoms with E-state index in [1.165, 1.54) is 56.2 Å². The molecule has 0 bridgehead atoms. The Morgan fingerprint density at radius 1 is 0.812 bits per heavy atom. The van der Waals surface area contributed by atoms with Gasteiger partial charge in [-0.2, -0.15) is 0 Å². The summed E-state index contributed by atoms with van der Waals surface area (Å²) in [5.41, 5.74) is 4.10. The molecule has 4 rings (SSSR count). The molecule has 0 saturated heterocycles. The van der Waals surface area contributed by atoms with Crippen LogP contribution in [0.2, 0.25) is 0 Å². The van der Waals surface area contributed by atoms with Crippen molar-refractivity contribution < 1.29 is 8.78 Å². The molecule has 3 aromatic rings. The Kier molecular flexibility index (Phi) is 7.40. The SMILES string of the molecule is CCCC1CCC(c2ccc(-c3cc(F)c(CC(C)c4ccccc4)c(F)c3)cc2)CC1. The van der Waals surface area contributed by atoms with Gasteiger partial charge in [-0.25, -0.2) is 8.78 Å². The predicted molar refractivity (Wildman–Crippen MR) is 130 cm³/mol. The van der Waals surface area contributed by atoms with Crippen LogP contribution in [0.15, 0.2) is 66.7 Å². The molecular formula is C30H34F2. The average Bonchev–Trinajstić information content (AvgIpc) is 2.82. The Morgan fingerprint density at radius 2 is 1.44 bits per heavy atom. The highest BCUT2D eigenvalue weighted by Crippen LogP contribution is 2.38. The van der Waals surface area contributed by atoms with Crippen molar-refractivity contribution in [3.63, 3.8) is 0 Å². The largest absolute Gasteiger partial charge is 0.207 e. The molecule has 1 aliphatic carbocycles. The molecule has 0 amide bonds. The highest BCUT2D eigenvalue weighted by atomic mass is 19.1. The minimum atomic E-state index is -0.457. The van der Waals surface area contributed by atoms with Gasteiger partial charge in [0.05, 0.1) is 0 Å². The molecule has 0 nitrogen and oxygen atoms in total. The summed E-state index contributed by atoms with van der Waals surface area (Å²) in [6, 6.07) is 21.2. The summed E-state index contributed by atoms with van der Waals surface area (Å²) in [7, 11) is 0. The van der Waals surface area contributed by atoms with Crippen molar-refractivity contribution in [2.45, 2.75) is 70.6 Å². The van der Waals surface area contributed by atoms with Gasteiger partial charge in [-0.15, -0.1) is 0 Å². The minimum Gasteiger partial charge on any atom is -0.207 e. The van der Waals surface area contributed by atoms with Gasteiger partial charge in [-0.1, -0.05) is 81.3 Å². The number of benzene rings is 3. The first-order chi connectivity index (χ1) is 15.5. The molecule has 168 valence electrons. The number of halogens is 2. The van der Waals surface area contributed by atoms with Crippen LogP contribution in [0.3, 0.4) is 0 Å². The van der Waals surface area contributed by atoms with Crippen molar-refractivity contribution in [1.29, 1.82) is 0 Å². The second-order valence-electron chi connectivity index (χ2n) is 9.56. The van der Waals surface area contributed by atoms with Crippen LogP contribution in [0.25, 0.3) is 11.1 Å². The monoisotopic (exact) mass is 432 g/mol. The number of hydrogen-bond acceptors (Lipinski definition) is 0. The average molecular weight is 433 g/mol. The molecule has 1 unspecified atom stereocenters. The van der Waals surface area contributed by atoms with Crippen LogP contribution in [-0.4, -0.2) is 0 Å². The van der Waals surface area contributed by atoms with Crippen LogP contribution in [0.5, 0.6) is 0 Å². The molecule has 2 heteroatoms. The molecule has 0 heterocycles. The molecule has 0 radical (unpaired) electrons. The zero-order valence-corrected chi connectivity index (χ0v) is 19.3.